The van der Waals surface area contributed by atoms with Gasteiger partial charge in [-0.3, -0.25) is 0 Å². The highest BCUT2D eigenvalue weighted by Crippen LogP contribution is 2.67. The van der Waals surface area contributed by atoms with E-state index in [2.05, 4.69) is 41.2 Å². The van der Waals surface area contributed by atoms with Crippen LogP contribution in [0.15, 0.2) is 23.8 Å². The first-order valence-electron chi connectivity index (χ1n) is 13.4. The van der Waals surface area contributed by atoms with Gasteiger partial charge in [0.25, 0.3) is 0 Å². The summed E-state index contributed by atoms with van der Waals surface area (Å²) in [7, 11) is 0. The second kappa shape index (κ2) is 8.64. The molecular formula is C29H48O2. The van der Waals surface area contributed by atoms with Crippen molar-refractivity contribution in [2.45, 2.75) is 111 Å². The minimum Gasteiger partial charge on any atom is -0.389 e. The molecule has 0 saturated heterocycles. The molecule has 0 spiro atoms. The molecule has 0 unspecified atom stereocenters. The van der Waals surface area contributed by atoms with E-state index in [9.17, 15) is 10.2 Å². The molecule has 0 aromatic carbocycles. The van der Waals surface area contributed by atoms with Crippen molar-refractivity contribution in [3.05, 3.63) is 23.8 Å². The standard InChI is InChI=1S/C29H48O2/c1-7-20(18(2)3)9-8-19(4)23-10-11-24-22-17-27(31)26-16-21(30)12-14-29(26,6)25(22)13-15-28(23,24)5/h16,19-25,27,30-31H,2,7-15,17H2,1,3-6H3/t19-,20-,21+,22+,23-,24+,25+,27-,28-,29-/m1/s1. The summed E-state index contributed by atoms with van der Waals surface area (Å²) in [5, 5.41) is 21.4. The molecular weight excluding hydrogens is 380 g/mol. The summed E-state index contributed by atoms with van der Waals surface area (Å²) in [6.45, 7) is 16.3. The third-order valence-electron chi connectivity index (χ3n) is 11.0. The smallest absolute Gasteiger partial charge is 0.0759 e. The monoisotopic (exact) mass is 428 g/mol. The molecule has 0 amide bonds. The van der Waals surface area contributed by atoms with Gasteiger partial charge >= 0.3 is 0 Å². The van der Waals surface area contributed by atoms with E-state index in [0.29, 0.717) is 23.2 Å². The fourth-order valence-corrected chi connectivity index (χ4v) is 9.20. The lowest BCUT2D eigenvalue weighted by atomic mass is 9.46. The van der Waals surface area contributed by atoms with Crippen molar-refractivity contribution in [1.82, 2.24) is 0 Å². The molecule has 0 aromatic heterocycles. The van der Waals surface area contributed by atoms with E-state index in [1.165, 1.54) is 56.1 Å². The first kappa shape index (κ1) is 23.6. The molecule has 0 aliphatic heterocycles. The first-order chi connectivity index (χ1) is 14.6. The molecule has 10 atom stereocenters. The van der Waals surface area contributed by atoms with Crippen molar-refractivity contribution < 1.29 is 10.2 Å². The minimum atomic E-state index is -0.356. The van der Waals surface area contributed by atoms with E-state index in [1.807, 2.05) is 6.08 Å². The van der Waals surface area contributed by atoms with Crippen molar-refractivity contribution in [2.24, 2.45) is 46.3 Å². The van der Waals surface area contributed by atoms with Crippen LogP contribution in [0.25, 0.3) is 0 Å². The quantitative estimate of drug-likeness (QED) is 0.451. The average molecular weight is 429 g/mol. The molecule has 0 radical (unpaired) electrons. The predicted molar refractivity (Wildman–Crippen MR) is 130 cm³/mol. The topological polar surface area (TPSA) is 40.5 Å². The highest BCUT2D eigenvalue weighted by Gasteiger charge is 2.60. The molecule has 4 rings (SSSR count). The van der Waals surface area contributed by atoms with E-state index in [1.54, 1.807) is 0 Å². The molecule has 0 aromatic rings. The van der Waals surface area contributed by atoms with E-state index < -0.39 is 0 Å². The van der Waals surface area contributed by atoms with Gasteiger partial charge < -0.3 is 10.2 Å². The molecule has 3 saturated carbocycles. The largest absolute Gasteiger partial charge is 0.389 e. The summed E-state index contributed by atoms with van der Waals surface area (Å²) >= 11 is 0. The second-order valence-electron chi connectivity index (χ2n) is 12.5. The van der Waals surface area contributed by atoms with Crippen molar-refractivity contribution >= 4 is 0 Å². The lowest BCUT2D eigenvalue weighted by Gasteiger charge is -2.60. The number of hydrogen-bond acceptors (Lipinski definition) is 2. The van der Waals surface area contributed by atoms with Crippen LogP contribution < -0.4 is 0 Å². The van der Waals surface area contributed by atoms with Gasteiger partial charge in [0.05, 0.1) is 12.2 Å². The Morgan fingerprint density at radius 1 is 1.10 bits per heavy atom. The molecule has 0 heterocycles. The zero-order chi connectivity index (χ0) is 22.6. The molecule has 2 N–H and O–H groups in total. The SMILES string of the molecule is C=C(C)[C@H](CC)CC[C@@H](C)[C@H]1CC[C@H]2[C@@H]3C[C@@H](O)C4=C[C@@H](O)CC[C@]4(C)[C@H]3CC[C@]12C. The highest BCUT2D eigenvalue weighted by atomic mass is 16.3. The van der Waals surface area contributed by atoms with Crippen LogP contribution in [0.5, 0.6) is 0 Å². The highest BCUT2D eigenvalue weighted by molar-refractivity contribution is 5.29. The molecule has 2 nitrogen and oxygen atoms in total. The van der Waals surface area contributed by atoms with Gasteiger partial charge in [-0.2, -0.15) is 0 Å². The molecule has 2 heteroatoms. The maximum atomic E-state index is 11.1. The normalized spacial score (nSPS) is 46.4. The summed E-state index contributed by atoms with van der Waals surface area (Å²) in [4.78, 5) is 0. The fraction of sp³-hybridized carbons (Fsp3) is 0.862. The Hall–Kier alpha value is -0.600. The fourth-order valence-electron chi connectivity index (χ4n) is 9.20. The molecule has 0 bridgehead atoms. The van der Waals surface area contributed by atoms with Gasteiger partial charge in [0.1, 0.15) is 0 Å². The van der Waals surface area contributed by atoms with E-state index in [-0.39, 0.29) is 17.6 Å². The van der Waals surface area contributed by atoms with Crippen LogP contribution in [0.4, 0.5) is 0 Å². The Labute approximate surface area is 191 Å². The van der Waals surface area contributed by atoms with Crippen molar-refractivity contribution in [2.75, 3.05) is 0 Å². The van der Waals surface area contributed by atoms with Crippen LogP contribution in [0.1, 0.15) is 98.8 Å². The van der Waals surface area contributed by atoms with Crippen LogP contribution in [-0.4, -0.2) is 22.4 Å². The lowest BCUT2D eigenvalue weighted by Crippen LogP contribution is -2.54. The van der Waals surface area contributed by atoms with Crippen molar-refractivity contribution in [3.63, 3.8) is 0 Å². The molecule has 31 heavy (non-hydrogen) atoms. The Kier molecular flexibility index (Phi) is 6.56. The van der Waals surface area contributed by atoms with E-state index in [0.717, 1.165) is 37.0 Å². The average Bonchev–Trinajstić information content (AvgIpc) is 3.07. The van der Waals surface area contributed by atoms with Crippen LogP contribution in [0.3, 0.4) is 0 Å². The zero-order valence-electron chi connectivity index (χ0n) is 20.9. The van der Waals surface area contributed by atoms with Gasteiger partial charge in [0, 0.05) is 0 Å². The summed E-state index contributed by atoms with van der Waals surface area (Å²) in [5.41, 5.74) is 3.07. The predicted octanol–water partition coefficient (Wildman–Crippen LogP) is 6.92. The van der Waals surface area contributed by atoms with Gasteiger partial charge in [-0.25, -0.2) is 0 Å². The third kappa shape index (κ3) is 3.88. The number of aliphatic hydroxyl groups excluding tert-OH is 2. The Morgan fingerprint density at radius 2 is 1.84 bits per heavy atom. The molecule has 176 valence electrons. The van der Waals surface area contributed by atoms with Gasteiger partial charge in [-0.05, 0) is 123 Å². The summed E-state index contributed by atoms with van der Waals surface area (Å²) in [6.07, 6.45) is 13.4. The number of fused-ring (bicyclic) bond motifs is 5. The maximum Gasteiger partial charge on any atom is 0.0759 e. The second-order valence-corrected chi connectivity index (χ2v) is 12.5. The van der Waals surface area contributed by atoms with E-state index >= 15 is 0 Å². The summed E-state index contributed by atoms with van der Waals surface area (Å²) < 4.78 is 0. The Bertz CT molecular complexity index is 710. The summed E-state index contributed by atoms with van der Waals surface area (Å²) in [6, 6.07) is 0. The summed E-state index contributed by atoms with van der Waals surface area (Å²) in [5.74, 6) is 4.41. The van der Waals surface area contributed by atoms with Gasteiger partial charge in [-0.15, -0.1) is 0 Å². The first-order valence-corrected chi connectivity index (χ1v) is 13.4. The van der Waals surface area contributed by atoms with Crippen molar-refractivity contribution in [3.8, 4) is 0 Å². The van der Waals surface area contributed by atoms with Crippen LogP contribution in [0, 0.1) is 46.3 Å². The van der Waals surface area contributed by atoms with Crippen LogP contribution in [0.2, 0.25) is 0 Å². The lowest BCUT2D eigenvalue weighted by molar-refractivity contribution is -0.0874. The van der Waals surface area contributed by atoms with Gasteiger partial charge in [0.2, 0.25) is 0 Å². The van der Waals surface area contributed by atoms with Crippen LogP contribution in [-0.2, 0) is 0 Å². The molecule has 4 aliphatic carbocycles. The van der Waals surface area contributed by atoms with Gasteiger partial charge in [-0.1, -0.05) is 45.9 Å². The number of allylic oxidation sites excluding steroid dienone is 1. The van der Waals surface area contributed by atoms with E-state index in [4.69, 9.17) is 0 Å². The number of rotatable bonds is 6. The van der Waals surface area contributed by atoms with Gasteiger partial charge in [0.15, 0.2) is 0 Å². The zero-order valence-corrected chi connectivity index (χ0v) is 20.9. The number of aliphatic hydroxyl groups is 2. The maximum absolute atomic E-state index is 11.1. The van der Waals surface area contributed by atoms with Crippen molar-refractivity contribution in [1.29, 1.82) is 0 Å². The Balaban J connectivity index is 1.51. The Morgan fingerprint density at radius 3 is 2.52 bits per heavy atom. The third-order valence-corrected chi connectivity index (χ3v) is 11.0. The minimum absolute atomic E-state index is 0.0996. The number of hydrogen-bond donors (Lipinski definition) is 2. The van der Waals surface area contributed by atoms with Crippen LogP contribution >= 0.6 is 0 Å². The molecule has 4 aliphatic rings. The molecule has 3 fully saturated rings.